The number of imidazole rings is 1. The minimum absolute atomic E-state index is 0.00970. The Morgan fingerprint density at radius 1 is 1.09 bits per heavy atom. The van der Waals surface area contributed by atoms with Crippen LogP contribution in [0.15, 0.2) is 42.6 Å². The number of ether oxygens (including phenoxy) is 1. The average Bonchev–Trinajstić information content (AvgIpc) is 3.44. The van der Waals surface area contributed by atoms with Gasteiger partial charge in [-0.2, -0.15) is 0 Å². The topological polar surface area (TPSA) is 133 Å². The number of nitrogens with two attached hydrogens (primary N) is 1. The van der Waals surface area contributed by atoms with Crippen molar-refractivity contribution < 1.29 is 14.3 Å². The van der Waals surface area contributed by atoms with Crippen LogP contribution in [0.1, 0.15) is 48.5 Å². The van der Waals surface area contributed by atoms with E-state index in [0.717, 1.165) is 64.3 Å². The summed E-state index contributed by atoms with van der Waals surface area (Å²) < 4.78 is 10.2. The molecule has 1 saturated heterocycles. The van der Waals surface area contributed by atoms with Crippen molar-refractivity contribution in [2.24, 2.45) is 24.6 Å². The zero-order valence-electron chi connectivity index (χ0n) is 26.6. The number of fused-ring (bicyclic) bond motifs is 4. The van der Waals surface area contributed by atoms with E-state index in [2.05, 4.69) is 31.6 Å². The third kappa shape index (κ3) is 4.63. The first-order valence-electron chi connectivity index (χ1n) is 16.1. The molecule has 5 aromatic rings. The monoisotopic (exact) mass is 618 g/mol. The van der Waals surface area contributed by atoms with Gasteiger partial charge >= 0.3 is 0 Å². The number of nitrogens with one attached hydrogen (secondary N) is 1. The molecule has 5 heterocycles. The number of nitrogens with zero attached hydrogens (tertiary/aromatic N) is 6. The second-order valence-corrected chi connectivity index (χ2v) is 13.2. The van der Waals surface area contributed by atoms with Crippen LogP contribution in [0.4, 0.5) is 5.82 Å². The van der Waals surface area contributed by atoms with Crippen molar-refractivity contribution in [3.8, 4) is 28.5 Å². The fourth-order valence-electron chi connectivity index (χ4n) is 7.55. The molecule has 3 N–H and O–H groups in total. The standard InChI is InChI=1S/C35H38N8O3/c1-18-11-30(38-19(2)44)37-15-24(18)25-9-7-21-13-28(42(33(21)39-25)16-20-5-6-20)34-40-26-12-23(14-29(46-4)32(26)41(34)3)35(45)43-17-22-8-10-27(43)31(22)36/h7,9,11-15,20,22,27,31H,5-6,8,10,16-17,36H2,1-4H3,(H,37,38,44)/t22?,27?,31-/m1/s1. The number of aromatic nitrogens is 5. The Balaban J connectivity index is 1.21. The summed E-state index contributed by atoms with van der Waals surface area (Å²) >= 11 is 0. The summed E-state index contributed by atoms with van der Waals surface area (Å²) in [5, 5.41) is 3.77. The van der Waals surface area contributed by atoms with E-state index in [-0.39, 0.29) is 23.9 Å². The molecule has 4 aromatic heterocycles. The molecule has 1 aliphatic heterocycles. The highest BCUT2D eigenvalue weighted by molar-refractivity contribution is 6.00. The Morgan fingerprint density at radius 3 is 2.59 bits per heavy atom. The molecule has 0 radical (unpaired) electrons. The van der Waals surface area contributed by atoms with Gasteiger partial charge in [0.2, 0.25) is 5.91 Å². The SMILES string of the molecule is COc1cc(C(=O)N2CC3CCC2[C@@H]3N)cc2nc(-c3cc4ccc(-c5cnc(NC(C)=O)cc5C)nc4n3CC3CC3)n(C)c12. The molecule has 3 atom stereocenters. The van der Waals surface area contributed by atoms with Gasteiger partial charge in [-0.3, -0.25) is 9.59 Å². The van der Waals surface area contributed by atoms with Crippen LogP contribution in [0.5, 0.6) is 5.75 Å². The van der Waals surface area contributed by atoms with E-state index in [1.54, 1.807) is 13.3 Å². The molecule has 11 nitrogen and oxygen atoms in total. The molecule has 3 fully saturated rings. The first-order valence-corrected chi connectivity index (χ1v) is 16.1. The second kappa shape index (κ2) is 10.7. The third-order valence-electron chi connectivity index (χ3n) is 10.1. The van der Waals surface area contributed by atoms with Gasteiger partial charge in [0.05, 0.1) is 24.0 Å². The van der Waals surface area contributed by atoms with E-state index in [4.69, 9.17) is 20.4 Å². The Hall–Kier alpha value is -4.77. The quantitative estimate of drug-likeness (QED) is 0.265. The molecule has 11 heteroatoms. The van der Waals surface area contributed by atoms with Crippen LogP contribution in [0.25, 0.3) is 44.8 Å². The van der Waals surface area contributed by atoms with Gasteiger partial charge in [0.15, 0.2) is 5.82 Å². The second-order valence-electron chi connectivity index (χ2n) is 13.2. The van der Waals surface area contributed by atoms with E-state index in [9.17, 15) is 9.59 Å². The fourth-order valence-corrected chi connectivity index (χ4v) is 7.55. The molecule has 2 saturated carbocycles. The van der Waals surface area contributed by atoms with Crippen LogP contribution in [-0.4, -0.2) is 66.5 Å². The number of pyridine rings is 2. The number of methoxy groups -OCH3 is 1. The first kappa shape index (κ1) is 28.7. The summed E-state index contributed by atoms with van der Waals surface area (Å²) in [6.07, 6.45) is 6.20. The highest BCUT2D eigenvalue weighted by Crippen LogP contribution is 2.40. The number of rotatable bonds is 7. The Kier molecular flexibility index (Phi) is 6.64. The van der Waals surface area contributed by atoms with E-state index in [1.165, 1.54) is 19.8 Å². The Bertz CT molecular complexity index is 2060. The Labute approximate surface area is 266 Å². The number of carbonyl (C=O) groups is 2. The van der Waals surface area contributed by atoms with E-state index in [1.807, 2.05) is 43.1 Å². The highest BCUT2D eigenvalue weighted by Gasteiger charge is 2.47. The molecule has 2 amide bonds. The maximum atomic E-state index is 13.7. The van der Waals surface area contributed by atoms with Crippen molar-refractivity contribution in [1.29, 1.82) is 0 Å². The van der Waals surface area contributed by atoms with Gasteiger partial charge in [0, 0.05) is 61.9 Å². The van der Waals surface area contributed by atoms with Crippen LogP contribution in [0.3, 0.4) is 0 Å². The van der Waals surface area contributed by atoms with Gasteiger partial charge in [-0.05, 0) is 86.4 Å². The lowest BCUT2D eigenvalue weighted by Crippen LogP contribution is -2.41. The zero-order valence-corrected chi connectivity index (χ0v) is 26.6. The van der Waals surface area contributed by atoms with Gasteiger partial charge in [-0.1, -0.05) is 0 Å². The number of likely N-dealkylation sites (tertiary alicyclic amines) is 1. The highest BCUT2D eigenvalue weighted by atomic mass is 16.5. The zero-order chi connectivity index (χ0) is 31.9. The van der Waals surface area contributed by atoms with Gasteiger partial charge in [-0.15, -0.1) is 0 Å². The molecule has 8 rings (SSSR count). The van der Waals surface area contributed by atoms with E-state index in [0.29, 0.717) is 41.0 Å². The normalized spacial score (nSPS) is 20.6. The maximum absolute atomic E-state index is 13.7. The molecule has 2 unspecified atom stereocenters. The van der Waals surface area contributed by atoms with Gasteiger partial charge in [0.25, 0.3) is 5.91 Å². The fraction of sp³-hybridized carbons (Fsp3) is 0.400. The van der Waals surface area contributed by atoms with Gasteiger partial charge < -0.3 is 29.8 Å². The molecule has 3 aliphatic rings. The van der Waals surface area contributed by atoms with E-state index < -0.39 is 0 Å². The first-order chi connectivity index (χ1) is 22.2. The van der Waals surface area contributed by atoms with Crippen molar-refractivity contribution >= 4 is 39.7 Å². The van der Waals surface area contributed by atoms with Crippen LogP contribution < -0.4 is 15.8 Å². The summed E-state index contributed by atoms with van der Waals surface area (Å²) in [7, 11) is 3.63. The number of aryl methyl sites for hydroxylation is 2. The summed E-state index contributed by atoms with van der Waals surface area (Å²) in [6, 6.07) is 12.0. The average molecular weight is 619 g/mol. The lowest BCUT2D eigenvalue weighted by atomic mass is 10.1. The largest absolute Gasteiger partial charge is 0.494 e. The van der Waals surface area contributed by atoms with Crippen LogP contribution in [0.2, 0.25) is 0 Å². The van der Waals surface area contributed by atoms with Crippen molar-refractivity contribution in [3.63, 3.8) is 0 Å². The van der Waals surface area contributed by atoms with Crippen LogP contribution >= 0.6 is 0 Å². The number of amides is 2. The smallest absolute Gasteiger partial charge is 0.254 e. The van der Waals surface area contributed by atoms with Crippen molar-refractivity contribution in [2.45, 2.75) is 58.2 Å². The molecular formula is C35H38N8O3. The predicted octanol–water partition coefficient (Wildman–Crippen LogP) is 4.90. The molecule has 2 bridgehead atoms. The van der Waals surface area contributed by atoms with Crippen LogP contribution in [-0.2, 0) is 18.4 Å². The lowest BCUT2D eigenvalue weighted by molar-refractivity contribution is -0.114. The number of hydrogen-bond acceptors (Lipinski definition) is 7. The number of piperidine rings is 1. The number of carbonyl (C=O) groups excluding carboxylic acids is 2. The lowest BCUT2D eigenvalue weighted by Gasteiger charge is -2.27. The predicted molar refractivity (Wildman–Crippen MR) is 177 cm³/mol. The Morgan fingerprint density at radius 2 is 1.91 bits per heavy atom. The maximum Gasteiger partial charge on any atom is 0.254 e. The molecule has 2 aliphatic carbocycles. The van der Waals surface area contributed by atoms with Crippen molar-refractivity contribution in [3.05, 3.63) is 53.7 Å². The number of anilines is 1. The number of benzene rings is 1. The summed E-state index contributed by atoms with van der Waals surface area (Å²) in [5.41, 5.74) is 13.1. The van der Waals surface area contributed by atoms with Crippen molar-refractivity contribution in [2.75, 3.05) is 19.0 Å². The molecule has 1 aromatic carbocycles. The molecule has 46 heavy (non-hydrogen) atoms. The molecule has 236 valence electrons. The summed E-state index contributed by atoms with van der Waals surface area (Å²) in [4.78, 5) is 42.0. The van der Waals surface area contributed by atoms with E-state index >= 15 is 0 Å². The third-order valence-corrected chi connectivity index (χ3v) is 10.1. The van der Waals surface area contributed by atoms with Gasteiger partial charge in [-0.25, -0.2) is 15.0 Å². The summed E-state index contributed by atoms with van der Waals surface area (Å²) in [6.45, 7) is 5.02. The summed E-state index contributed by atoms with van der Waals surface area (Å²) in [5.74, 6) is 2.74. The number of hydrogen-bond donors (Lipinski definition) is 2. The molecular weight excluding hydrogens is 580 g/mol. The van der Waals surface area contributed by atoms with Crippen LogP contribution in [0, 0.1) is 18.8 Å². The van der Waals surface area contributed by atoms with Gasteiger partial charge in [0.1, 0.15) is 22.7 Å². The minimum atomic E-state index is -0.157. The molecule has 0 spiro atoms. The minimum Gasteiger partial charge on any atom is -0.494 e. The van der Waals surface area contributed by atoms with Crippen molar-refractivity contribution in [1.82, 2.24) is 29.0 Å².